The summed E-state index contributed by atoms with van der Waals surface area (Å²) in [6.07, 6.45) is 8.79. The molecule has 0 aromatic heterocycles. The molecule has 1 fully saturated rings. The molecule has 0 aliphatic carbocycles. The Labute approximate surface area is 180 Å². The first-order chi connectivity index (χ1) is 14.3. The van der Waals surface area contributed by atoms with Gasteiger partial charge in [-0.3, -0.25) is 0 Å². The maximum absolute atomic E-state index is 10.3. The Morgan fingerprint density at radius 3 is 1.37 bits per heavy atom. The van der Waals surface area contributed by atoms with Gasteiger partial charge in [-0.2, -0.15) is 5.06 Å². The monoisotopic (exact) mass is 389 g/mol. The first-order valence-corrected chi connectivity index (χ1v) is 8.90. The van der Waals surface area contributed by atoms with Crippen molar-refractivity contribution in [1.29, 1.82) is 0 Å². The molecule has 0 bridgehead atoms. The predicted molar refractivity (Wildman–Crippen MR) is 117 cm³/mol. The molecule has 144 valence electrons. The fraction of sp³-hybridized carbons (Fsp3) is 0.333. The van der Waals surface area contributed by atoms with Crippen LogP contribution in [0.3, 0.4) is 0 Å². The van der Waals surface area contributed by atoms with Crippen LogP contribution in [0.25, 0.3) is 0 Å². The third kappa shape index (κ3) is 9.11. The van der Waals surface area contributed by atoms with Crippen molar-refractivity contribution in [2.24, 2.45) is 0 Å². The van der Waals surface area contributed by atoms with Crippen LogP contribution in [0.15, 0.2) is 0 Å². The van der Waals surface area contributed by atoms with Crippen LogP contribution in [-0.4, -0.2) is 27.5 Å². The molecule has 1 aliphatic heterocycles. The van der Waals surface area contributed by atoms with Gasteiger partial charge >= 0.3 is 0 Å². The number of nitrogens with zero attached hydrogens (tertiary/aromatic N) is 1. The van der Waals surface area contributed by atoms with E-state index in [9.17, 15) is 5.21 Å². The zero-order valence-electron chi connectivity index (χ0n) is 17.4. The average molecular weight is 389 g/mol. The van der Waals surface area contributed by atoms with E-state index in [0.717, 1.165) is 0 Å². The maximum Gasteiger partial charge on any atom is 0.125 e. The second-order valence-corrected chi connectivity index (χ2v) is 7.21. The number of piperidine rings is 1. The predicted octanol–water partition coefficient (Wildman–Crippen LogP) is 2.03. The molecule has 0 unspecified atom stereocenters. The molecule has 1 saturated heterocycles. The first kappa shape index (κ1) is 23.8. The summed E-state index contributed by atoms with van der Waals surface area (Å²) >= 11 is 0. The highest BCUT2D eigenvalue weighted by Crippen LogP contribution is 2.37. The molecular weight excluding hydrogens is 370 g/mol. The van der Waals surface area contributed by atoms with E-state index in [1.165, 1.54) is 5.06 Å². The fourth-order valence-corrected chi connectivity index (χ4v) is 2.84. The molecule has 0 atom stereocenters. The highest BCUT2D eigenvalue weighted by Gasteiger charge is 2.45. The summed E-state index contributed by atoms with van der Waals surface area (Å²) in [5.74, 6) is 39.7. The maximum atomic E-state index is 10.3. The minimum absolute atomic E-state index is 0.0758. The number of ether oxygens (including phenoxy) is 1. The molecule has 1 N–H and O–H groups in total. The minimum Gasteiger partial charge on any atom is -0.442 e. The molecule has 0 spiro atoms. The van der Waals surface area contributed by atoms with Crippen LogP contribution in [0.4, 0.5) is 0 Å². The van der Waals surface area contributed by atoms with Gasteiger partial charge in [-0.25, -0.2) is 0 Å². The summed E-state index contributed by atoms with van der Waals surface area (Å²) in [5.41, 5.74) is -0.772. The van der Waals surface area contributed by atoms with E-state index in [0.29, 0.717) is 12.8 Å². The fourth-order valence-electron chi connectivity index (χ4n) is 2.84. The molecule has 0 saturated carbocycles. The van der Waals surface area contributed by atoms with E-state index in [1.54, 1.807) is 0 Å². The molecule has 30 heavy (non-hydrogen) atoms. The lowest BCUT2D eigenvalue weighted by molar-refractivity contribution is -0.256. The third-order valence-electron chi connectivity index (χ3n) is 3.82. The normalized spacial score (nSPS) is 14.7. The average Bonchev–Trinajstić information content (AvgIpc) is 2.68. The van der Waals surface area contributed by atoms with Crippen molar-refractivity contribution in [2.45, 2.75) is 57.7 Å². The van der Waals surface area contributed by atoms with Gasteiger partial charge in [0.05, 0.1) is 0 Å². The molecule has 0 aromatic rings. The summed E-state index contributed by atoms with van der Waals surface area (Å²) in [7, 11) is 0. The Bertz CT molecular complexity index is 1180. The second kappa shape index (κ2) is 12.3. The van der Waals surface area contributed by atoms with Crippen molar-refractivity contribution in [3.8, 4) is 107 Å². The molecule has 1 rings (SSSR count). The van der Waals surface area contributed by atoms with Gasteiger partial charge in [-0.15, -0.1) is 6.42 Å². The quantitative estimate of drug-likeness (QED) is 0.697. The number of rotatable bonds is 1. The van der Waals surface area contributed by atoms with Crippen LogP contribution < -0.4 is 0 Å². The molecule has 0 radical (unpaired) electrons. The van der Waals surface area contributed by atoms with Gasteiger partial charge in [-0.1, -0.05) is 0 Å². The van der Waals surface area contributed by atoms with Gasteiger partial charge in [0.15, 0.2) is 0 Å². The Morgan fingerprint density at radius 1 is 0.667 bits per heavy atom. The van der Waals surface area contributed by atoms with Gasteiger partial charge < -0.3 is 9.94 Å². The van der Waals surface area contributed by atoms with Crippen molar-refractivity contribution in [3.05, 3.63) is 0 Å². The minimum atomic E-state index is -0.386. The molecule has 1 heterocycles. The summed E-state index contributed by atoms with van der Waals surface area (Å²) in [5, 5.41) is 11.7. The lowest BCUT2D eigenvalue weighted by Crippen LogP contribution is -2.60. The van der Waals surface area contributed by atoms with Gasteiger partial charge in [0.2, 0.25) is 0 Å². The molecular formula is C27H19NO2. The standard InChI is InChI=1S/C27H19NO2/c1-6-7-8-9-10-11-12-13-14-15-16-17-18-19-20-21-22-30-25-23-26(2,3)28(29)27(4,5)24-25/h1,25,29H,23-24H2,2-5H3. The van der Waals surface area contributed by atoms with Gasteiger partial charge in [0.1, 0.15) is 12.2 Å². The summed E-state index contributed by atoms with van der Waals surface area (Å²) in [6.45, 7) is 7.88. The SMILES string of the molecule is C#CC#CC#CC#CC#CC#CC#CC#CC#COC1CC(C)(C)N(O)C(C)(C)C1. The van der Waals surface area contributed by atoms with Gasteiger partial charge in [-0.05, 0) is 75.1 Å². The van der Waals surface area contributed by atoms with E-state index in [-0.39, 0.29) is 17.2 Å². The van der Waals surface area contributed by atoms with Gasteiger partial charge in [0, 0.05) is 71.3 Å². The number of hydroxylamine groups is 2. The van der Waals surface area contributed by atoms with E-state index in [1.807, 2.05) is 27.7 Å². The first-order valence-electron chi connectivity index (χ1n) is 8.90. The summed E-state index contributed by atoms with van der Waals surface area (Å²) in [4.78, 5) is 0. The molecule has 3 heteroatoms. The van der Waals surface area contributed by atoms with Crippen molar-refractivity contribution in [3.63, 3.8) is 0 Å². The van der Waals surface area contributed by atoms with Gasteiger partial charge in [0.25, 0.3) is 0 Å². The molecule has 3 nitrogen and oxygen atoms in total. The van der Waals surface area contributed by atoms with Crippen LogP contribution in [-0.2, 0) is 4.74 Å². The highest BCUT2D eigenvalue weighted by molar-refractivity contribution is 5.46. The van der Waals surface area contributed by atoms with E-state index in [4.69, 9.17) is 11.2 Å². The largest absolute Gasteiger partial charge is 0.442 e. The lowest BCUT2D eigenvalue weighted by atomic mass is 9.80. The Hall–Kier alpha value is -4.24. The van der Waals surface area contributed by atoms with E-state index < -0.39 is 0 Å². The smallest absolute Gasteiger partial charge is 0.125 e. The van der Waals surface area contributed by atoms with Crippen molar-refractivity contribution < 1.29 is 9.94 Å². The number of hydrogen-bond donors (Lipinski definition) is 1. The second-order valence-electron chi connectivity index (χ2n) is 7.21. The zero-order valence-corrected chi connectivity index (χ0v) is 17.4. The van der Waals surface area contributed by atoms with Crippen molar-refractivity contribution >= 4 is 0 Å². The summed E-state index contributed by atoms with van der Waals surface area (Å²) in [6, 6.07) is 0. The van der Waals surface area contributed by atoms with Crippen LogP contribution in [0, 0.1) is 107 Å². The van der Waals surface area contributed by atoms with E-state index >= 15 is 0 Å². The lowest BCUT2D eigenvalue weighted by Gasteiger charge is -2.50. The highest BCUT2D eigenvalue weighted by atomic mass is 16.5. The summed E-state index contributed by atoms with van der Waals surface area (Å²) < 4.78 is 5.59. The van der Waals surface area contributed by atoms with Crippen LogP contribution >= 0.6 is 0 Å². The van der Waals surface area contributed by atoms with Crippen LogP contribution in [0.1, 0.15) is 40.5 Å². The Kier molecular flexibility index (Phi) is 9.73. The number of terminal acetylenes is 1. The van der Waals surface area contributed by atoms with Crippen LogP contribution in [0.5, 0.6) is 0 Å². The topological polar surface area (TPSA) is 32.7 Å². The molecule has 0 aromatic carbocycles. The van der Waals surface area contributed by atoms with E-state index in [2.05, 4.69) is 101 Å². The van der Waals surface area contributed by atoms with Crippen molar-refractivity contribution in [1.82, 2.24) is 5.06 Å². The molecule has 0 amide bonds. The molecule has 1 aliphatic rings. The third-order valence-corrected chi connectivity index (χ3v) is 3.82. The Balaban J connectivity index is 2.49. The number of hydrogen-bond acceptors (Lipinski definition) is 3. The van der Waals surface area contributed by atoms with Crippen LogP contribution in [0.2, 0.25) is 0 Å². The Morgan fingerprint density at radius 2 is 1.00 bits per heavy atom. The van der Waals surface area contributed by atoms with Crippen molar-refractivity contribution in [2.75, 3.05) is 0 Å². The zero-order chi connectivity index (χ0) is 22.3.